The Bertz CT molecular complexity index is 957. The zero-order chi connectivity index (χ0) is 20.1. The molecule has 7 heteroatoms. The van der Waals surface area contributed by atoms with Crippen LogP contribution in [0.5, 0.6) is 0 Å². The van der Waals surface area contributed by atoms with Crippen molar-refractivity contribution in [1.82, 2.24) is 15.0 Å². The van der Waals surface area contributed by atoms with Crippen molar-refractivity contribution in [3.63, 3.8) is 0 Å². The van der Waals surface area contributed by atoms with E-state index in [4.69, 9.17) is 14.5 Å². The molecule has 0 spiro atoms. The Labute approximate surface area is 169 Å². The molecule has 29 heavy (non-hydrogen) atoms. The number of anilines is 2. The summed E-state index contributed by atoms with van der Waals surface area (Å²) in [6, 6.07) is 19.1. The molecule has 1 fully saturated rings. The molecule has 0 radical (unpaired) electrons. The molecule has 1 aliphatic rings. The molecule has 7 nitrogen and oxygen atoms in total. The summed E-state index contributed by atoms with van der Waals surface area (Å²) in [5.74, 6) is 0.232. The van der Waals surface area contributed by atoms with Gasteiger partial charge in [-0.15, -0.1) is 0 Å². The maximum absolute atomic E-state index is 11.7. The van der Waals surface area contributed by atoms with E-state index in [2.05, 4.69) is 9.99 Å². The first-order valence-corrected chi connectivity index (χ1v) is 9.46. The van der Waals surface area contributed by atoms with Crippen molar-refractivity contribution < 1.29 is 14.3 Å². The van der Waals surface area contributed by atoms with E-state index in [0.717, 1.165) is 30.0 Å². The lowest BCUT2D eigenvalue weighted by Crippen LogP contribution is -2.47. The van der Waals surface area contributed by atoms with Gasteiger partial charge in [0.25, 0.3) is 0 Å². The number of methoxy groups -OCH3 is 1. The van der Waals surface area contributed by atoms with Gasteiger partial charge in [0.05, 0.1) is 37.3 Å². The van der Waals surface area contributed by atoms with Crippen LogP contribution in [0.15, 0.2) is 66.9 Å². The number of rotatable bonds is 5. The third kappa shape index (κ3) is 4.26. The van der Waals surface area contributed by atoms with Gasteiger partial charge >= 0.3 is 5.97 Å². The first-order valence-electron chi connectivity index (χ1n) is 9.46. The molecule has 1 saturated heterocycles. The van der Waals surface area contributed by atoms with Crippen LogP contribution in [-0.2, 0) is 9.47 Å². The fraction of sp³-hybridized carbons (Fsp3) is 0.227. The van der Waals surface area contributed by atoms with Crippen molar-refractivity contribution >= 4 is 17.6 Å². The maximum atomic E-state index is 11.7. The van der Waals surface area contributed by atoms with Gasteiger partial charge in [0.1, 0.15) is 0 Å². The molecule has 3 aromatic rings. The van der Waals surface area contributed by atoms with Crippen LogP contribution in [0.3, 0.4) is 0 Å². The van der Waals surface area contributed by atoms with Crippen molar-refractivity contribution in [1.29, 1.82) is 0 Å². The van der Waals surface area contributed by atoms with Gasteiger partial charge in [-0.05, 0) is 30.3 Å². The molecule has 148 valence electrons. The summed E-state index contributed by atoms with van der Waals surface area (Å²) in [6.45, 7) is 2.85. The van der Waals surface area contributed by atoms with E-state index in [-0.39, 0.29) is 5.97 Å². The second kappa shape index (κ2) is 8.81. The van der Waals surface area contributed by atoms with Crippen LogP contribution < -0.4 is 5.01 Å². The number of nitrogens with zero attached hydrogens (tertiary/aromatic N) is 4. The summed E-state index contributed by atoms with van der Waals surface area (Å²) in [6.07, 6.45) is 1.75. The lowest BCUT2D eigenvalue weighted by Gasteiger charge is -2.37. The van der Waals surface area contributed by atoms with Gasteiger partial charge in [0.2, 0.25) is 5.95 Å². The zero-order valence-electron chi connectivity index (χ0n) is 16.2. The average Bonchev–Trinajstić information content (AvgIpc) is 2.80. The molecule has 0 bridgehead atoms. The van der Waals surface area contributed by atoms with Gasteiger partial charge < -0.3 is 9.47 Å². The molecule has 1 aliphatic heterocycles. The third-order valence-electron chi connectivity index (χ3n) is 4.71. The Hall–Kier alpha value is -3.29. The number of carbonyl (C=O) groups is 1. The predicted molar refractivity (Wildman–Crippen MR) is 110 cm³/mol. The first kappa shape index (κ1) is 19.0. The first-order chi connectivity index (χ1) is 14.3. The minimum Gasteiger partial charge on any atom is -0.465 e. The number of esters is 1. The summed E-state index contributed by atoms with van der Waals surface area (Å²) < 4.78 is 10.3. The Balaban J connectivity index is 1.68. The Morgan fingerprint density at radius 3 is 2.45 bits per heavy atom. The highest BCUT2D eigenvalue weighted by Gasteiger charge is 2.23. The minimum absolute atomic E-state index is 0.359. The molecular formula is C22H22N4O3. The minimum atomic E-state index is -0.359. The van der Waals surface area contributed by atoms with E-state index in [1.54, 1.807) is 18.3 Å². The summed E-state index contributed by atoms with van der Waals surface area (Å²) in [5, 5.41) is 4.23. The molecule has 1 aromatic heterocycles. The van der Waals surface area contributed by atoms with Crippen LogP contribution in [0.1, 0.15) is 10.4 Å². The highest BCUT2D eigenvalue weighted by atomic mass is 16.5. The number of hydrogen-bond acceptors (Lipinski definition) is 7. The summed E-state index contributed by atoms with van der Waals surface area (Å²) in [4.78, 5) is 21.0. The quantitative estimate of drug-likeness (QED) is 0.619. The highest BCUT2D eigenvalue weighted by molar-refractivity contribution is 5.89. The summed E-state index contributed by atoms with van der Waals surface area (Å²) in [5.41, 5.74) is 3.18. The molecular weight excluding hydrogens is 368 g/mol. The third-order valence-corrected chi connectivity index (χ3v) is 4.71. The average molecular weight is 390 g/mol. The van der Waals surface area contributed by atoms with Crippen molar-refractivity contribution in [2.45, 2.75) is 0 Å². The fourth-order valence-corrected chi connectivity index (χ4v) is 3.23. The number of hydrazine groups is 1. The smallest absolute Gasteiger partial charge is 0.337 e. The second-order valence-corrected chi connectivity index (χ2v) is 6.52. The van der Waals surface area contributed by atoms with Crippen LogP contribution in [0, 0.1) is 0 Å². The maximum Gasteiger partial charge on any atom is 0.337 e. The van der Waals surface area contributed by atoms with E-state index < -0.39 is 0 Å². The second-order valence-electron chi connectivity index (χ2n) is 6.52. The predicted octanol–water partition coefficient (Wildman–Crippen LogP) is 3.32. The van der Waals surface area contributed by atoms with Crippen LogP contribution in [-0.4, -0.2) is 54.4 Å². The fourth-order valence-electron chi connectivity index (χ4n) is 3.23. The van der Waals surface area contributed by atoms with Gasteiger partial charge in [0.15, 0.2) is 0 Å². The normalized spacial score (nSPS) is 14.4. The standard InChI is InChI=1S/C22H22N4O3/c1-28-21(27)18-9-7-17(8-10-18)20-11-12-23-22(24-20)26(19-5-3-2-4-6-19)25-13-15-29-16-14-25/h2-12H,13-16H2,1H3. The van der Waals surface area contributed by atoms with E-state index in [9.17, 15) is 4.79 Å². The van der Waals surface area contributed by atoms with Crippen molar-refractivity contribution in [2.24, 2.45) is 0 Å². The van der Waals surface area contributed by atoms with Crippen molar-refractivity contribution in [3.8, 4) is 11.3 Å². The number of hydrogen-bond donors (Lipinski definition) is 0. The Morgan fingerprint density at radius 1 is 1.03 bits per heavy atom. The van der Waals surface area contributed by atoms with Gasteiger partial charge in [-0.2, -0.15) is 0 Å². The molecule has 0 N–H and O–H groups in total. The van der Waals surface area contributed by atoms with Crippen molar-refractivity contribution in [2.75, 3.05) is 38.4 Å². The zero-order valence-corrected chi connectivity index (χ0v) is 16.2. The van der Waals surface area contributed by atoms with Crippen LogP contribution >= 0.6 is 0 Å². The highest BCUT2D eigenvalue weighted by Crippen LogP contribution is 2.27. The SMILES string of the molecule is COC(=O)c1ccc(-c2ccnc(N(c3ccccc3)N3CCOCC3)n2)cc1. The van der Waals surface area contributed by atoms with Crippen LogP contribution in [0.25, 0.3) is 11.3 Å². The number of morpholine rings is 1. The number of benzene rings is 2. The van der Waals surface area contributed by atoms with E-state index in [1.165, 1.54) is 7.11 Å². The lowest BCUT2D eigenvalue weighted by atomic mass is 10.1. The summed E-state index contributed by atoms with van der Waals surface area (Å²) in [7, 11) is 1.37. The van der Waals surface area contributed by atoms with E-state index in [0.29, 0.717) is 24.7 Å². The number of para-hydroxylation sites is 1. The monoisotopic (exact) mass is 390 g/mol. The van der Waals surface area contributed by atoms with Gasteiger partial charge in [-0.1, -0.05) is 30.3 Å². The van der Waals surface area contributed by atoms with E-state index >= 15 is 0 Å². The molecule has 0 saturated carbocycles. The molecule has 0 atom stereocenters. The molecule has 4 rings (SSSR count). The largest absolute Gasteiger partial charge is 0.465 e. The topological polar surface area (TPSA) is 67.8 Å². The van der Waals surface area contributed by atoms with Crippen LogP contribution in [0.2, 0.25) is 0 Å². The molecule has 0 amide bonds. The lowest BCUT2D eigenvalue weighted by molar-refractivity contribution is 0.0371. The summed E-state index contributed by atoms with van der Waals surface area (Å²) >= 11 is 0. The van der Waals surface area contributed by atoms with Gasteiger partial charge in [-0.25, -0.2) is 24.8 Å². The Morgan fingerprint density at radius 2 is 1.76 bits per heavy atom. The van der Waals surface area contributed by atoms with Gasteiger partial charge in [0, 0.05) is 24.8 Å². The van der Waals surface area contributed by atoms with E-state index in [1.807, 2.05) is 53.5 Å². The van der Waals surface area contributed by atoms with Gasteiger partial charge in [-0.3, -0.25) is 0 Å². The number of ether oxygens (including phenoxy) is 2. The number of aromatic nitrogens is 2. The molecule has 2 aromatic carbocycles. The Kier molecular flexibility index (Phi) is 5.79. The number of carbonyl (C=O) groups excluding carboxylic acids is 1. The molecule has 0 aliphatic carbocycles. The van der Waals surface area contributed by atoms with Crippen LogP contribution in [0.4, 0.5) is 11.6 Å². The van der Waals surface area contributed by atoms with Crippen molar-refractivity contribution in [3.05, 3.63) is 72.4 Å². The molecule has 0 unspecified atom stereocenters. The molecule has 2 heterocycles.